The van der Waals surface area contributed by atoms with Crippen molar-refractivity contribution in [3.8, 4) is 5.69 Å². The fraction of sp³-hybridized carbons (Fsp3) is 0.286. The van der Waals surface area contributed by atoms with E-state index < -0.39 is 17.6 Å². The van der Waals surface area contributed by atoms with Crippen LogP contribution in [-0.4, -0.2) is 39.3 Å². The Labute approximate surface area is 119 Å². The molecule has 0 aliphatic carbocycles. The van der Waals surface area contributed by atoms with Crippen molar-refractivity contribution in [1.82, 2.24) is 14.7 Å². The van der Waals surface area contributed by atoms with Gasteiger partial charge in [0.05, 0.1) is 5.69 Å². The molecule has 1 aliphatic rings. The van der Waals surface area contributed by atoms with E-state index in [2.05, 4.69) is 5.10 Å². The molecule has 3 rings (SSSR count). The second-order valence-electron chi connectivity index (χ2n) is 5.07. The van der Waals surface area contributed by atoms with Crippen molar-refractivity contribution >= 4 is 5.97 Å². The molecule has 0 saturated heterocycles. The Hall–Kier alpha value is -2.28. The number of aromatic carboxylic acids is 1. The SMILES string of the molecule is CN1CCc2c(c(C(=O)O)nn2-c2ccc(F)cc2F)C1. The first-order chi connectivity index (χ1) is 9.97. The Morgan fingerprint density at radius 1 is 1.38 bits per heavy atom. The Morgan fingerprint density at radius 3 is 2.81 bits per heavy atom. The summed E-state index contributed by atoms with van der Waals surface area (Å²) in [7, 11) is 1.88. The predicted octanol–water partition coefficient (Wildman–Crippen LogP) is 1.84. The highest BCUT2D eigenvalue weighted by atomic mass is 19.1. The lowest BCUT2D eigenvalue weighted by Gasteiger charge is -2.23. The molecule has 5 nitrogen and oxygen atoms in total. The first-order valence-electron chi connectivity index (χ1n) is 6.45. The highest BCUT2D eigenvalue weighted by Gasteiger charge is 2.28. The van der Waals surface area contributed by atoms with Gasteiger partial charge in [-0.3, -0.25) is 0 Å². The molecule has 2 heterocycles. The van der Waals surface area contributed by atoms with Crippen LogP contribution in [0.4, 0.5) is 8.78 Å². The van der Waals surface area contributed by atoms with Gasteiger partial charge in [0, 0.05) is 31.1 Å². The third-order valence-corrected chi connectivity index (χ3v) is 3.59. The molecule has 1 aliphatic heterocycles. The van der Waals surface area contributed by atoms with Crippen molar-refractivity contribution in [2.75, 3.05) is 13.6 Å². The lowest BCUT2D eigenvalue weighted by Crippen LogP contribution is -2.28. The molecule has 0 saturated carbocycles. The average molecular weight is 293 g/mol. The zero-order valence-corrected chi connectivity index (χ0v) is 11.3. The van der Waals surface area contributed by atoms with E-state index in [1.165, 1.54) is 10.7 Å². The highest BCUT2D eigenvalue weighted by molar-refractivity contribution is 5.87. The van der Waals surface area contributed by atoms with E-state index in [1.807, 2.05) is 11.9 Å². The summed E-state index contributed by atoms with van der Waals surface area (Å²) in [5.41, 5.74) is 1.22. The van der Waals surface area contributed by atoms with Gasteiger partial charge in [-0.25, -0.2) is 18.3 Å². The second kappa shape index (κ2) is 4.92. The monoisotopic (exact) mass is 293 g/mol. The summed E-state index contributed by atoms with van der Waals surface area (Å²) >= 11 is 0. The van der Waals surface area contributed by atoms with Gasteiger partial charge in [0.15, 0.2) is 11.5 Å². The number of benzene rings is 1. The number of hydrogen-bond acceptors (Lipinski definition) is 3. The Bertz CT molecular complexity index is 727. The highest BCUT2D eigenvalue weighted by Crippen LogP contribution is 2.26. The van der Waals surface area contributed by atoms with Crippen LogP contribution in [-0.2, 0) is 13.0 Å². The van der Waals surface area contributed by atoms with Gasteiger partial charge in [-0.2, -0.15) is 5.10 Å². The van der Waals surface area contributed by atoms with Gasteiger partial charge in [-0.1, -0.05) is 0 Å². The van der Waals surface area contributed by atoms with Gasteiger partial charge in [-0.15, -0.1) is 0 Å². The molecule has 0 bridgehead atoms. The lowest BCUT2D eigenvalue weighted by molar-refractivity contribution is 0.0687. The lowest BCUT2D eigenvalue weighted by atomic mass is 10.1. The molecular weight excluding hydrogens is 280 g/mol. The molecule has 21 heavy (non-hydrogen) atoms. The van der Waals surface area contributed by atoms with Crippen LogP contribution in [0, 0.1) is 11.6 Å². The van der Waals surface area contributed by atoms with Crippen molar-refractivity contribution in [1.29, 1.82) is 0 Å². The number of nitrogens with zero attached hydrogens (tertiary/aromatic N) is 3. The fourth-order valence-corrected chi connectivity index (χ4v) is 2.58. The van der Waals surface area contributed by atoms with E-state index in [1.54, 1.807) is 0 Å². The number of rotatable bonds is 2. The molecule has 7 heteroatoms. The van der Waals surface area contributed by atoms with Gasteiger partial charge in [0.1, 0.15) is 11.5 Å². The molecule has 0 fully saturated rings. The quantitative estimate of drug-likeness (QED) is 0.918. The molecular formula is C14H13F2N3O2. The number of likely N-dealkylation sites (N-methyl/N-ethyl adjacent to an activating group) is 1. The number of carbonyl (C=O) groups is 1. The average Bonchev–Trinajstić information content (AvgIpc) is 2.77. The molecule has 110 valence electrons. The summed E-state index contributed by atoms with van der Waals surface area (Å²) in [5.74, 6) is -2.60. The van der Waals surface area contributed by atoms with Crippen molar-refractivity contribution in [2.45, 2.75) is 13.0 Å². The van der Waals surface area contributed by atoms with Crippen LogP contribution in [0.5, 0.6) is 0 Å². The number of aromatic nitrogens is 2. The molecule has 1 aromatic carbocycles. The predicted molar refractivity (Wildman–Crippen MR) is 70.5 cm³/mol. The molecule has 1 N–H and O–H groups in total. The second-order valence-corrected chi connectivity index (χ2v) is 5.07. The van der Waals surface area contributed by atoms with Gasteiger partial charge < -0.3 is 10.0 Å². The third kappa shape index (κ3) is 2.29. The molecule has 0 atom stereocenters. The minimum Gasteiger partial charge on any atom is -0.476 e. The molecule has 0 spiro atoms. The molecule has 0 radical (unpaired) electrons. The summed E-state index contributed by atoms with van der Waals surface area (Å²) in [5, 5.41) is 13.3. The van der Waals surface area contributed by atoms with Crippen molar-refractivity contribution in [3.05, 3.63) is 46.8 Å². The normalized spacial score (nSPS) is 15.0. The standard InChI is InChI=1S/C14H13F2N3O2/c1-18-5-4-11-9(7-18)13(14(20)21)17-19(11)12-3-2-8(15)6-10(12)16/h2-3,6H,4-5,7H2,1H3,(H,20,21). The summed E-state index contributed by atoms with van der Waals surface area (Å²) in [4.78, 5) is 13.3. The number of hydrogen-bond donors (Lipinski definition) is 1. The van der Waals surface area contributed by atoms with Crippen LogP contribution in [0.2, 0.25) is 0 Å². The van der Waals surface area contributed by atoms with E-state index in [-0.39, 0.29) is 11.4 Å². The summed E-state index contributed by atoms with van der Waals surface area (Å²) in [6.45, 7) is 1.17. The first-order valence-corrected chi connectivity index (χ1v) is 6.45. The summed E-state index contributed by atoms with van der Waals surface area (Å²) < 4.78 is 28.2. The van der Waals surface area contributed by atoms with E-state index >= 15 is 0 Å². The van der Waals surface area contributed by atoms with Crippen molar-refractivity contribution < 1.29 is 18.7 Å². The van der Waals surface area contributed by atoms with Crippen LogP contribution >= 0.6 is 0 Å². The van der Waals surface area contributed by atoms with Crippen LogP contribution < -0.4 is 0 Å². The van der Waals surface area contributed by atoms with Crippen LogP contribution in [0.25, 0.3) is 5.69 Å². The van der Waals surface area contributed by atoms with Crippen LogP contribution in [0.15, 0.2) is 18.2 Å². The molecule has 0 amide bonds. The Balaban J connectivity index is 2.19. The van der Waals surface area contributed by atoms with Crippen LogP contribution in [0.1, 0.15) is 21.7 Å². The van der Waals surface area contributed by atoms with Crippen molar-refractivity contribution in [2.24, 2.45) is 0 Å². The van der Waals surface area contributed by atoms with Gasteiger partial charge >= 0.3 is 5.97 Å². The molecule has 2 aromatic rings. The summed E-state index contributed by atoms with van der Waals surface area (Å²) in [6, 6.07) is 3.16. The third-order valence-electron chi connectivity index (χ3n) is 3.59. The Kier molecular flexibility index (Phi) is 3.21. The minimum atomic E-state index is -1.15. The molecule has 1 aromatic heterocycles. The maximum Gasteiger partial charge on any atom is 0.356 e. The number of fused-ring (bicyclic) bond motifs is 1. The largest absolute Gasteiger partial charge is 0.476 e. The maximum atomic E-state index is 13.9. The number of carboxylic acid groups (broad SMARTS) is 1. The number of carboxylic acids is 1. The topological polar surface area (TPSA) is 58.4 Å². The van der Waals surface area contributed by atoms with Gasteiger partial charge in [0.2, 0.25) is 0 Å². The zero-order valence-electron chi connectivity index (χ0n) is 11.3. The van der Waals surface area contributed by atoms with E-state index in [9.17, 15) is 18.7 Å². The van der Waals surface area contributed by atoms with Gasteiger partial charge in [-0.05, 0) is 19.2 Å². The Morgan fingerprint density at radius 2 is 2.14 bits per heavy atom. The fourth-order valence-electron chi connectivity index (χ4n) is 2.58. The van der Waals surface area contributed by atoms with E-state index in [0.717, 1.165) is 18.7 Å². The molecule has 0 unspecified atom stereocenters. The van der Waals surface area contributed by atoms with E-state index in [0.29, 0.717) is 24.2 Å². The maximum absolute atomic E-state index is 13.9. The number of halogens is 2. The summed E-state index contributed by atoms with van der Waals surface area (Å²) in [6.07, 6.45) is 0.558. The van der Waals surface area contributed by atoms with Crippen LogP contribution in [0.3, 0.4) is 0 Å². The van der Waals surface area contributed by atoms with Crippen molar-refractivity contribution in [3.63, 3.8) is 0 Å². The smallest absolute Gasteiger partial charge is 0.356 e. The van der Waals surface area contributed by atoms with E-state index in [4.69, 9.17) is 0 Å². The first kappa shape index (κ1) is 13.7. The minimum absolute atomic E-state index is 0.0599. The zero-order chi connectivity index (χ0) is 15.1. The van der Waals surface area contributed by atoms with Gasteiger partial charge in [0.25, 0.3) is 0 Å².